The van der Waals surface area contributed by atoms with Crippen LogP contribution in [0.2, 0.25) is 0 Å². The summed E-state index contributed by atoms with van der Waals surface area (Å²) in [5.74, 6) is 1.01. The zero-order valence-corrected chi connectivity index (χ0v) is 13.2. The molecule has 1 fully saturated rings. The zero-order chi connectivity index (χ0) is 15.2. The molecule has 1 aliphatic rings. The molecule has 2 rings (SSSR count). The lowest BCUT2D eigenvalue weighted by Crippen LogP contribution is -2.40. The molecule has 1 saturated heterocycles. The van der Waals surface area contributed by atoms with Crippen molar-refractivity contribution in [3.63, 3.8) is 0 Å². The third kappa shape index (κ3) is 5.05. The van der Waals surface area contributed by atoms with E-state index in [4.69, 9.17) is 5.73 Å². The van der Waals surface area contributed by atoms with Crippen molar-refractivity contribution < 1.29 is 4.79 Å². The van der Waals surface area contributed by atoms with Gasteiger partial charge in [0.05, 0.1) is 0 Å². The van der Waals surface area contributed by atoms with E-state index in [9.17, 15) is 4.79 Å². The molecule has 0 atom stereocenters. The second-order valence-corrected chi connectivity index (χ2v) is 6.33. The largest absolute Gasteiger partial charge is 0.399 e. The lowest BCUT2D eigenvalue weighted by Gasteiger charge is -2.33. The number of carbonyl (C=O) groups is 1. The number of carbonyl (C=O) groups excluding carboxylic acids is 1. The van der Waals surface area contributed by atoms with Crippen molar-refractivity contribution in [3.8, 4) is 0 Å². The van der Waals surface area contributed by atoms with Gasteiger partial charge in [0.25, 0.3) is 0 Å². The molecule has 1 aromatic carbocycles. The van der Waals surface area contributed by atoms with E-state index in [0.717, 1.165) is 56.1 Å². The Bertz CT molecular complexity index is 465. The van der Waals surface area contributed by atoms with Gasteiger partial charge in [-0.15, -0.1) is 0 Å². The Hall–Kier alpha value is -1.55. The third-order valence-electron chi connectivity index (χ3n) is 4.17. The molecule has 0 spiro atoms. The summed E-state index contributed by atoms with van der Waals surface area (Å²) in [5.41, 5.74) is 7.68. The number of nitrogens with zero attached hydrogens (tertiary/aromatic N) is 2. The number of hydrogen-bond acceptors (Lipinski definition) is 3. The van der Waals surface area contributed by atoms with Crippen LogP contribution in [-0.4, -0.2) is 49.4 Å². The van der Waals surface area contributed by atoms with Gasteiger partial charge >= 0.3 is 0 Å². The Morgan fingerprint density at radius 1 is 1.33 bits per heavy atom. The van der Waals surface area contributed by atoms with E-state index in [1.807, 2.05) is 29.2 Å². The van der Waals surface area contributed by atoms with Gasteiger partial charge in [-0.3, -0.25) is 4.79 Å². The first-order valence-corrected chi connectivity index (χ1v) is 7.81. The van der Waals surface area contributed by atoms with E-state index >= 15 is 0 Å². The summed E-state index contributed by atoms with van der Waals surface area (Å²) in [6, 6.07) is 7.81. The highest BCUT2D eigenvalue weighted by molar-refractivity contribution is 5.76. The van der Waals surface area contributed by atoms with Crippen molar-refractivity contribution in [2.75, 3.05) is 39.5 Å². The normalized spacial score (nSPS) is 16.4. The average molecular weight is 289 g/mol. The minimum Gasteiger partial charge on any atom is -0.399 e. The summed E-state index contributed by atoms with van der Waals surface area (Å²) in [6.07, 6.45) is 3.62. The molecular formula is C17H27N3O. The van der Waals surface area contributed by atoms with E-state index in [-0.39, 0.29) is 5.91 Å². The van der Waals surface area contributed by atoms with E-state index in [1.165, 1.54) is 0 Å². The molecular weight excluding hydrogens is 262 g/mol. The number of amides is 1. The number of nitrogens with two attached hydrogens (primary N) is 1. The van der Waals surface area contributed by atoms with E-state index < -0.39 is 0 Å². The average Bonchev–Trinajstić information content (AvgIpc) is 2.45. The maximum absolute atomic E-state index is 12.3. The Morgan fingerprint density at radius 3 is 2.67 bits per heavy atom. The molecule has 2 N–H and O–H groups in total. The Kier molecular flexibility index (Phi) is 5.62. The molecule has 0 aliphatic carbocycles. The summed E-state index contributed by atoms with van der Waals surface area (Å²) in [6.45, 7) is 2.95. The number of hydrogen-bond donors (Lipinski definition) is 1. The van der Waals surface area contributed by atoms with Crippen LogP contribution >= 0.6 is 0 Å². The Balaban J connectivity index is 1.75. The number of aryl methyl sites for hydroxylation is 1. The van der Waals surface area contributed by atoms with Crippen LogP contribution in [0.25, 0.3) is 0 Å². The number of anilines is 1. The lowest BCUT2D eigenvalue weighted by atomic mass is 9.96. The lowest BCUT2D eigenvalue weighted by molar-refractivity contribution is -0.132. The molecule has 4 heteroatoms. The van der Waals surface area contributed by atoms with Gasteiger partial charge in [-0.1, -0.05) is 12.1 Å². The topological polar surface area (TPSA) is 49.6 Å². The minimum absolute atomic E-state index is 0.278. The van der Waals surface area contributed by atoms with Crippen LogP contribution in [0.5, 0.6) is 0 Å². The summed E-state index contributed by atoms with van der Waals surface area (Å²) in [4.78, 5) is 16.5. The molecule has 1 heterocycles. The molecule has 1 aromatic rings. The predicted octanol–water partition coefficient (Wildman–Crippen LogP) is 2.00. The van der Waals surface area contributed by atoms with Crippen LogP contribution < -0.4 is 5.73 Å². The maximum atomic E-state index is 12.3. The molecule has 0 radical (unpaired) electrons. The standard InChI is InChI=1S/C17H27N3O/c1-19(2)13-15-8-10-20(11-9-15)17(21)7-6-14-4-3-5-16(18)12-14/h3-5,12,15H,6-11,13,18H2,1-2H3. The Morgan fingerprint density at radius 2 is 2.05 bits per heavy atom. The van der Waals surface area contributed by atoms with Crippen LogP contribution in [0, 0.1) is 5.92 Å². The highest BCUT2D eigenvalue weighted by Gasteiger charge is 2.22. The number of rotatable bonds is 5. The van der Waals surface area contributed by atoms with Crippen molar-refractivity contribution in [3.05, 3.63) is 29.8 Å². The minimum atomic E-state index is 0.278. The molecule has 0 aromatic heterocycles. The molecule has 21 heavy (non-hydrogen) atoms. The van der Waals surface area contributed by atoms with Crippen LogP contribution in [0.15, 0.2) is 24.3 Å². The molecule has 0 unspecified atom stereocenters. The first-order valence-electron chi connectivity index (χ1n) is 7.81. The first-order chi connectivity index (χ1) is 10.0. The molecule has 116 valence electrons. The van der Waals surface area contributed by atoms with E-state index in [1.54, 1.807) is 0 Å². The highest BCUT2D eigenvalue weighted by atomic mass is 16.2. The van der Waals surface area contributed by atoms with Gasteiger partial charge in [-0.25, -0.2) is 0 Å². The summed E-state index contributed by atoms with van der Waals surface area (Å²) >= 11 is 0. The van der Waals surface area contributed by atoms with Crippen LogP contribution in [0.1, 0.15) is 24.8 Å². The SMILES string of the molecule is CN(C)CC1CCN(C(=O)CCc2cccc(N)c2)CC1. The van der Waals surface area contributed by atoms with Gasteiger partial charge in [0, 0.05) is 31.7 Å². The second kappa shape index (κ2) is 7.46. The van der Waals surface area contributed by atoms with E-state index in [2.05, 4.69) is 19.0 Å². The molecule has 1 amide bonds. The van der Waals surface area contributed by atoms with Crippen molar-refractivity contribution in [2.45, 2.75) is 25.7 Å². The highest BCUT2D eigenvalue weighted by Crippen LogP contribution is 2.19. The molecule has 0 saturated carbocycles. The molecule has 0 bridgehead atoms. The van der Waals surface area contributed by atoms with Gasteiger partial charge in [0.1, 0.15) is 0 Å². The molecule has 1 aliphatic heterocycles. The number of likely N-dealkylation sites (tertiary alicyclic amines) is 1. The van der Waals surface area contributed by atoms with Gasteiger partial charge in [0.2, 0.25) is 5.91 Å². The van der Waals surface area contributed by atoms with Crippen molar-refractivity contribution in [1.29, 1.82) is 0 Å². The van der Waals surface area contributed by atoms with Gasteiger partial charge in [0.15, 0.2) is 0 Å². The van der Waals surface area contributed by atoms with Crippen LogP contribution in [0.4, 0.5) is 5.69 Å². The first kappa shape index (κ1) is 15.8. The fourth-order valence-electron chi connectivity index (χ4n) is 3.04. The quantitative estimate of drug-likeness (QED) is 0.844. The second-order valence-electron chi connectivity index (χ2n) is 6.33. The number of benzene rings is 1. The summed E-state index contributed by atoms with van der Waals surface area (Å²) < 4.78 is 0. The molecule has 4 nitrogen and oxygen atoms in total. The van der Waals surface area contributed by atoms with Crippen molar-refractivity contribution >= 4 is 11.6 Å². The van der Waals surface area contributed by atoms with Gasteiger partial charge in [-0.2, -0.15) is 0 Å². The summed E-state index contributed by atoms with van der Waals surface area (Å²) in [5, 5.41) is 0. The van der Waals surface area contributed by atoms with Crippen LogP contribution in [-0.2, 0) is 11.2 Å². The van der Waals surface area contributed by atoms with Gasteiger partial charge in [-0.05, 0) is 57.0 Å². The smallest absolute Gasteiger partial charge is 0.222 e. The zero-order valence-electron chi connectivity index (χ0n) is 13.2. The van der Waals surface area contributed by atoms with Crippen LogP contribution in [0.3, 0.4) is 0 Å². The van der Waals surface area contributed by atoms with Crippen molar-refractivity contribution in [1.82, 2.24) is 9.80 Å². The monoisotopic (exact) mass is 289 g/mol. The fraction of sp³-hybridized carbons (Fsp3) is 0.588. The fourth-order valence-corrected chi connectivity index (χ4v) is 3.04. The van der Waals surface area contributed by atoms with Gasteiger partial charge < -0.3 is 15.5 Å². The number of piperidine rings is 1. The summed E-state index contributed by atoms with van der Waals surface area (Å²) in [7, 11) is 4.23. The van der Waals surface area contributed by atoms with E-state index in [0.29, 0.717) is 6.42 Å². The number of nitrogen functional groups attached to an aromatic ring is 1. The maximum Gasteiger partial charge on any atom is 0.222 e. The third-order valence-corrected chi connectivity index (χ3v) is 4.17. The van der Waals surface area contributed by atoms with Crippen molar-refractivity contribution in [2.24, 2.45) is 5.92 Å². The Labute approximate surface area is 127 Å². The predicted molar refractivity (Wildman–Crippen MR) is 87.0 cm³/mol.